The lowest BCUT2D eigenvalue weighted by Gasteiger charge is -2.12. The molecule has 3 aromatic rings. The van der Waals surface area contributed by atoms with Crippen molar-refractivity contribution in [2.75, 3.05) is 5.32 Å². The second-order valence-electron chi connectivity index (χ2n) is 4.76. The van der Waals surface area contributed by atoms with E-state index >= 15 is 0 Å². The van der Waals surface area contributed by atoms with Crippen LogP contribution in [-0.4, -0.2) is 9.97 Å². The number of halogens is 1. The maximum absolute atomic E-state index is 4.37. The van der Waals surface area contributed by atoms with Crippen molar-refractivity contribution in [2.45, 2.75) is 13.8 Å². The molecule has 0 radical (unpaired) electrons. The van der Waals surface area contributed by atoms with Crippen LogP contribution in [0.15, 0.2) is 47.2 Å². The van der Waals surface area contributed by atoms with Gasteiger partial charge in [-0.2, -0.15) is 0 Å². The molecular weight excluding hydrogens is 314 g/mol. The molecule has 1 heterocycles. The van der Waals surface area contributed by atoms with Crippen molar-refractivity contribution in [3.05, 3.63) is 58.3 Å². The summed E-state index contributed by atoms with van der Waals surface area (Å²) < 4.78 is 1.02. The Bertz CT molecular complexity index is 784. The minimum Gasteiger partial charge on any atom is -0.339 e. The molecular formula is C16H14BrN3. The minimum atomic E-state index is 0.824. The zero-order chi connectivity index (χ0) is 14.1. The van der Waals surface area contributed by atoms with Crippen LogP contribution in [0.2, 0.25) is 0 Å². The van der Waals surface area contributed by atoms with Crippen LogP contribution < -0.4 is 5.32 Å². The van der Waals surface area contributed by atoms with Gasteiger partial charge in [0.15, 0.2) is 0 Å². The Morgan fingerprint density at radius 1 is 1.05 bits per heavy atom. The third-order valence-corrected chi connectivity index (χ3v) is 3.95. The standard InChI is InChI=1S/C16H14BrN3/c1-10-4-3-5-14(11(10)2)20-16-13-8-12(17)6-7-15(13)18-9-19-16/h3-9H,1-2H3,(H,18,19,20). The van der Waals surface area contributed by atoms with E-state index in [4.69, 9.17) is 0 Å². The van der Waals surface area contributed by atoms with Gasteiger partial charge in [-0.3, -0.25) is 0 Å². The van der Waals surface area contributed by atoms with Crippen LogP contribution in [-0.2, 0) is 0 Å². The van der Waals surface area contributed by atoms with Gasteiger partial charge in [-0.15, -0.1) is 0 Å². The monoisotopic (exact) mass is 327 g/mol. The third-order valence-electron chi connectivity index (χ3n) is 3.46. The first-order chi connectivity index (χ1) is 9.65. The normalized spacial score (nSPS) is 10.8. The lowest BCUT2D eigenvalue weighted by atomic mass is 10.1. The molecule has 0 saturated heterocycles. The van der Waals surface area contributed by atoms with Crippen molar-refractivity contribution in [1.82, 2.24) is 9.97 Å². The number of aromatic nitrogens is 2. The van der Waals surface area contributed by atoms with Crippen LogP contribution in [0, 0.1) is 13.8 Å². The van der Waals surface area contributed by atoms with Crippen molar-refractivity contribution in [1.29, 1.82) is 0 Å². The number of fused-ring (bicyclic) bond motifs is 1. The van der Waals surface area contributed by atoms with Crippen LogP contribution in [0.25, 0.3) is 10.9 Å². The predicted octanol–water partition coefficient (Wildman–Crippen LogP) is 4.75. The second kappa shape index (κ2) is 5.21. The van der Waals surface area contributed by atoms with E-state index in [2.05, 4.69) is 57.2 Å². The highest BCUT2D eigenvalue weighted by molar-refractivity contribution is 9.10. The highest BCUT2D eigenvalue weighted by atomic mass is 79.9. The maximum Gasteiger partial charge on any atom is 0.141 e. The predicted molar refractivity (Wildman–Crippen MR) is 86.4 cm³/mol. The molecule has 100 valence electrons. The summed E-state index contributed by atoms with van der Waals surface area (Å²) in [5.74, 6) is 0.824. The van der Waals surface area contributed by atoms with Gasteiger partial charge in [0.2, 0.25) is 0 Å². The molecule has 3 nitrogen and oxygen atoms in total. The van der Waals surface area contributed by atoms with Gasteiger partial charge in [0.05, 0.1) is 5.52 Å². The van der Waals surface area contributed by atoms with E-state index in [1.54, 1.807) is 6.33 Å². The summed E-state index contributed by atoms with van der Waals surface area (Å²) in [6.07, 6.45) is 1.59. The van der Waals surface area contributed by atoms with Gasteiger partial charge in [0, 0.05) is 15.5 Å². The van der Waals surface area contributed by atoms with Crippen LogP contribution >= 0.6 is 15.9 Å². The topological polar surface area (TPSA) is 37.8 Å². The van der Waals surface area contributed by atoms with Gasteiger partial charge in [0.1, 0.15) is 12.1 Å². The molecule has 4 heteroatoms. The molecule has 2 aromatic carbocycles. The molecule has 3 rings (SSSR count). The minimum absolute atomic E-state index is 0.824. The highest BCUT2D eigenvalue weighted by Gasteiger charge is 2.07. The molecule has 0 aliphatic rings. The zero-order valence-electron chi connectivity index (χ0n) is 11.3. The Hall–Kier alpha value is -1.94. The van der Waals surface area contributed by atoms with Gasteiger partial charge in [-0.1, -0.05) is 28.1 Å². The second-order valence-corrected chi connectivity index (χ2v) is 5.67. The molecule has 0 saturated carbocycles. The molecule has 0 amide bonds. The van der Waals surface area contributed by atoms with E-state index in [0.29, 0.717) is 0 Å². The molecule has 1 aromatic heterocycles. The lowest BCUT2D eigenvalue weighted by molar-refractivity contribution is 1.21. The first kappa shape index (κ1) is 13.1. The summed E-state index contributed by atoms with van der Waals surface area (Å²) in [5.41, 5.74) is 4.49. The van der Waals surface area contributed by atoms with Gasteiger partial charge < -0.3 is 5.32 Å². The number of rotatable bonds is 2. The molecule has 0 unspecified atom stereocenters. The van der Waals surface area contributed by atoms with Crippen LogP contribution in [0.3, 0.4) is 0 Å². The first-order valence-electron chi connectivity index (χ1n) is 6.38. The summed E-state index contributed by atoms with van der Waals surface area (Å²) in [6, 6.07) is 12.2. The van der Waals surface area contributed by atoms with E-state index in [0.717, 1.165) is 26.9 Å². The molecule has 1 N–H and O–H groups in total. The molecule has 0 fully saturated rings. The van der Waals surface area contributed by atoms with Gasteiger partial charge in [0.25, 0.3) is 0 Å². The fourth-order valence-electron chi connectivity index (χ4n) is 2.14. The molecule has 20 heavy (non-hydrogen) atoms. The Balaban J connectivity index is 2.11. The third kappa shape index (κ3) is 2.39. The average Bonchev–Trinajstić information content (AvgIpc) is 2.44. The molecule has 0 aliphatic heterocycles. The zero-order valence-corrected chi connectivity index (χ0v) is 12.9. The number of nitrogens with one attached hydrogen (secondary N) is 1. The van der Waals surface area contributed by atoms with Crippen LogP contribution in [0.1, 0.15) is 11.1 Å². The summed E-state index contributed by atoms with van der Waals surface area (Å²) in [5, 5.41) is 4.41. The van der Waals surface area contributed by atoms with Crippen molar-refractivity contribution in [3.63, 3.8) is 0 Å². The largest absolute Gasteiger partial charge is 0.339 e. The number of anilines is 2. The first-order valence-corrected chi connectivity index (χ1v) is 7.18. The highest BCUT2D eigenvalue weighted by Crippen LogP contribution is 2.27. The van der Waals surface area contributed by atoms with Gasteiger partial charge in [-0.25, -0.2) is 9.97 Å². The van der Waals surface area contributed by atoms with E-state index in [9.17, 15) is 0 Å². The Labute approximate surface area is 126 Å². The quantitative estimate of drug-likeness (QED) is 0.737. The van der Waals surface area contributed by atoms with E-state index in [-0.39, 0.29) is 0 Å². The molecule has 0 aliphatic carbocycles. The maximum atomic E-state index is 4.37. The van der Waals surface area contributed by atoms with Gasteiger partial charge in [-0.05, 0) is 49.2 Å². The molecule has 0 spiro atoms. The SMILES string of the molecule is Cc1cccc(Nc2ncnc3ccc(Br)cc23)c1C. The summed E-state index contributed by atoms with van der Waals surface area (Å²) in [6.45, 7) is 4.21. The van der Waals surface area contributed by atoms with E-state index < -0.39 is 0 Å². The Kier molecular flexibility index (Phi) is 3.40. The van der Waals surface area contributed by atoms with Crippen molar-refractivity contribution < 1.29 is 0 Å². The number of hydrogen-bond donors (Lipinski definition) is 1. The summed E-state index contributed by atoms with van der Waals surface area (Å²) >= 11 is 3.49. The summed E-state index contributed by atoms with van der Waals surface area (Å²) in [4.78, 5) is 8.66. The lowest BCUT2D eigenvalue weighted by Crippen LogP contribution is -1.98. The summed E-state index contributed by atoms with van der Waals surface area (Å²) in [7, 11) is 0. The van der Waals surface area contributed by atoms with Crippen LogP contribution in [0.5, 0.6) is 0 Å². The molecule has 0 bridgehead atoms. The van der Waals surface area contributed by atoms with Gasteiger partial charge >= 0.3 is 0 Å². The van der Waals surface area contributed by atoms with Crippen molar-refractivity contribution >= 4 is 38.3 Å². The van der Waals surface area contributed by atoms with Crippen LogP contribution in [0.4, 0.5) is 11.5 Å². The molecule has 0 atom stereocenters. The number of hydrogen-bond acceptors (Lipinski definition) is 3. The fraction of sp³-hybridized carbons (Fsp3) is 0.125. The smallest absolute Gasteiger partial charge is 0.141 e. The fourth-order valence-corrected chi connectivity index (χ4v) is 2.50. The Morgan fingerprint density at radius 3 is 2.75 bits per heavy atom. The number of aryl methyl sites for hydroxylation is 1. The average molecular weight is 328 g/mol. The van der Waals surface area contributed by atoms with Crippen molar-refractivity contribution in [2.24, 2.45) is 0 Å². The van der Waals surface area contributed by atoms with E-state index in [1.165, 1.54) is 11.1 Å². The number of benzene rings is 2. The Morgan fingerprint density at radius 2 is 1.90 bits per heavy atom. The van der Waals surface area contributed by atoms with Crippen molar-refractivity contribution in [3.8, 4) is 0 Å². The number of nitrogens with zero attached hydrogens (tertiary/aromatic N) is 2. The van der Waals surface area contributed by atoms with E-state index in [1.807, 2.05) is 24.3 Å².